The minimum atomic E-state index is -0.921. The number of β-amino-alcohol motifs (C(OH)–C–C–N with tert-alkyl or cyclic N) is 1. The number of hydrogen-bond donors (Lipinski definition) is 2. The minimum Gasteiger partial charge on any atom is -0.461 e. The molecule has 3 saturated heterocycles. The molecule has 0 bridgehead atoms. The summed E-state index contributed by atoms with van der Waals surface area (Å²) in [5.74, 6) is 0.496. The number of ether oxygens (including phenoxy) is 1. The van der Waals surface area contributed by atoms with Gasteiger partial charge in [0.25, 0.3) is 0 Å². The van der Waals surface area contributed by atoms with Gasteiger partial charge in [-0.05, 0) is 69.0 Å². The molecule has 4 aromatic rings. The molecule has 232 valence electrons. The van der Waals surface area contributed by atoms with Crippen LogP contribution in [0, 0.1) is 11.7 Å². The fourth-order valence-corrected chi connectivity index (χ4v) is 8.31. The van der Waals surface area contributed by atoms with Crippen LogP contribution in [0.5, 0.6) is 6.01 Å². The predicted molar refractivity (Wildman–Crippen MR) is 165 cm³/mol. The van der Waals surface area contributed by atoms with E-state index in [1.54, 1.807) is 19.3 Å². The number of hydrogen-bond acceptors (Lipinski definition) is 8. The zero-order valence-corrected chi connectivity index (χ0v) is 25.7. The van der Waals surface area contributed by atoms with E-state index in [1.165, 1.54) is 0 Å². The van der Waals surface area contributed by atoms with Gasteiger partial charge >= 0.3 is 6.01 Å². The molecule has 12 heteroatoms. The number of aromatic nitrogens is 5. The van der Waals surface area contributed by atoms with E-state index >= 15 is 4.39 Å². The first-order chi connectivity index (χ1) is 21.1. The van der Waals surface area contributed by atoms with Crippen LogP contribution < -0.4 is 9.64 Å². The van der Waals surface area contributed by atoms with Crippen molar-refractivity contribution < 1.29 is 18.6 Å². The maximum atomic E-state index is 17.0. The lowest BCUT2D eigenvalue weighted by Crippen LogP contribution is -2.46. The van der Waals surface area contributed by atoms with Crippen molar-refractivity contribution in [3.8, 4) is 17.3 Å². The summed E-state index contributed by atoms with van der Waals surface area (Å²) in [6.45, 7) is 6.40. The largest absolute Gasteiger partial charge is 0.461 e. The molecule has 2 N–H and O–H groups in total. The van der Waals surface area contributed by atoms with Gasteiger partial charge in [-0.3, -0.25) is 15.0 Å². The van der Waals surface area contributed by atoms with Gasteiger partial charge < -0.3 is 14.7 Å². The van der Waals surface area contributed by atoms with E-state index in [-0.39, 0.29) is 29.7 Å². The number of nitrogens with zero attached hydrogens (tertiary/aromatic N) is 6. The average molecular weight is 624 g/mol. The van der Waals surface area contributed by atoms with Crippen LogP contribution in [-0.4, -0.2) is 85.3 Å². The highest BCUT2D eigenvalue weighted by Crippen LogP contribution is 2.54. The molecule has 3 aromatic heterocycles. The number of H-pyrrole nitrogens is 1. The molecule has 0 spiro atoms. The monoisotopic (exact) mass is 623 g/mol. The van der Waals surface area contributed by atoms with Crippen LogP contribution in [0.1, 0.15) is 63.9 Å². The molecular weight excluding hydrogens is 588 g/mol. The topological polar surface area (TPSA) is 103 Å². The summed E-state index contributed by atoms with van der Waals surface area (Å²) in [5, 5.41) is 19.8. The smallest absolute Gasteiger partial charge is 0.319 e. The van der Waals surface area contributed by atoms with Crippen molar-refractivity contribution in [3.05, 3.63) is 34.9 Å². The molecule has 4 aliphatic rings. The first kappa shape index (κ1) is 28.3. The van der Waals surface area contributed by atoms with Crippen molar-refractivity contribution in [1.82, 2.24) is 30.0 Å². The second-order valence-corrected chi connectivity index (χ2v) is 14.1. The maximum Gasteiger partial charge on any atom is 0.319 e. The third-order valence-electron chi connectivity index (χ3n) is 10.3. The molecule has 2 unspecified atom stereocenters. The van der Waals surface area contributed by atoms with E-state index in [0.717, 1.165) is 43.2 Å². The highest BCUT2D eigenvalue weighted by Gasteiger charge is 2.49. The average Bonchev–Trinajstić information content (AvgIpc) is 3.26. The van der Waals surface area contributed by atoms with Crippen molar-refractivity contribution in [1.29, 1.82) is 0 Å². The second-order valence-electron chi connectivity index (χ2n) is 13.7. The first-order valence-corrected chi connectivity index (χ1v) is 16.0. The number of fused-ring (bicyclic) bond motifs is 3. The Morgan fingerprint density at radius 2 is 2.00 bits per heavy atom. The van der Waals surface area contributed by atoms with Crippen LogP contribution in [0.2, 0.25) is 5.02 Å². The standard InChI is InChI=1S/C32H36ClF2N7O2/c1-17-9-19(17)24-22(33)10-23-20(13-37-40-23)25(24)28-26(35)27-21(12-36-28)29(41-7-3-5-31(2,43)15-41)39-30(38-27)44-16-32-6-4-8-42(32)14-18(34)11-32/h10,12-13,17-19,43H,3-9,11,14-16H2,1-2H3,(H,37,40)/t17?,18-,19?,31-,32+/m1/s1. The fourth-order valence-electron chi connectivity index (χ4n) is 7.97. The molecular formula is C32H36ClF2N7O2. The molecule has 3 aliphatic heterocycles. The van der Waals surface area contributed by atoms with Gasteiger partial charge in [0.1, 0.15) is 29.8 Å². The predicted octanol–water partition coefficient (Wildman–Crippen LogP) is 5.79. The summed E-state index contributed by atoms with van der Waals surface area (Å²) < 4.78 is 37.7. The number of alkyl halides is 1. The highest BCUT2D eigenvalue weighted by atomic mass is 35.5. The van der Waals surface area contributed by atoms with E-state index in [1.807, 2.05) is 11.0 Å². The zero-order chi connectivity index (χ0) is 30.4. The Labute approximate surface area is 259 Å². The third kappa shape index (κ3) is 4.61. The molecule has 1 saturated carbocycles. The van der Waals surface area contributed by atoms with Crippen molar-refractivity contribution >= 4 is 39.2 Å². The number of piperidine rings is 1. The Hall–Kier alpha value is -3.15. The van der Waals surface area contributed by atoms with Gasteiger partial charge in [-0.25, -0.2) is 8.78 Å². The summed E-state index contributed by atoms with van der Waals surface area (Å²) in [6.07, 6.45) is 7.01. The van der Waals surface area contributed by atoms with E-state index in [9.17, 15) is 9.50 Å². The minimum absolute atomic E-state index is 0.0351. The summed E-state index contributed by atoms with van der Waals surface area (Å²) >= 11 is 6.82. The van der Waals surface area contributed by atoms with Gasteiger partial charge in [0.15, 0.2) is 5.82 Å². The van der Waals surface area contributed by atoms with Crippen molar-refractivity contribution in [3.63, 3.8) is 0 Å². The second kappa shape index (κ2) is 10.2. The van der Waals surface area contributed by atoms with Crippen molar-refractivity contribution in [2.24, 2.45) is 5.92 Å². The van der Waals surface area contributed by atoms with Crippen molar-refractivity contribution in [2.45, 2.75) is 75.6 Å². The number of anilines is 1. The van der Waals surface area contributed by atoms with Gasteiger partial charge in [0, 0.05) is 48.2 Å². The summed E-state index contributed by atoms with van der Waals surface area (Å²) in [5.41, 5.74) is 1.11. The number of benzene rings is 1. The molecule has 0 amide bonds. The SMILES string of the molecule is CC1CC1c1c(Cl)cc2[nH]ncc2c1-c1ncc2c(N3CCC[C@@](C)(O)C3)nc(OC[C@@]34CCCN3C[C@H](F)C4)nc2c1F. The maximum absolute atomic E-state index is 17.0. The number of aromatic amines is 1. The Kier molecular flexibility index (Phi) is 6.56. The van der Waals surface area contributed by atoms with Crippen molar-refractivity contribution in [2.75, 3.05) is 37.7 Å². The van der Waals surface area contributed by atoms with Gasteiger partial charge in [-0.1, -0.05) is 18.5 Å². The van der Waals surface area contributed by atoms with Gasteiger partial charge in [-0.15, -0.1) is 0 Å². The van der Waals surface area contributed by atoms with Crippen LogP contribution >= 0.6 is 11.6 Å². The zero-order valence-electron chi connectivity index (χ0n) is 24.9. The van der Waals surface area contributed by atoms with Gasteiger partial charge in [-0.2, -0.15) is 15.1 Å². The first-order valence-electron chi connectivity index (χ1n) is 15.6. The van der Waals surface area contributed by atoms with Gasteiger partial charge in [0.2, 0.25) is 0 Å². The Morgan fingerprint density at radius 1 is 1.18 bits per heavy atom. The van der Waals surface area contributed by atoms with E-state index < -0.39 is 23.1 Å². The molecule has 1 aromatic carbocycles. The van der Waals surface area contributed by atoms with E-state index in [2.05, 4.69) is 27.0 Å². The normalized spacial score (nSPS) is 30.4. The molecule has 0 radical (unpaired) electrons. The third-order valence-corrected chi connectivity index (χ3v) is 10.6. The summed E-state index contributed by atoms with van der Waals surface area (Å²) in [6, 6.07) is 1.88. The molecule has 8 rings (SSSR count). The summed E-state index contributed by atoms with van der Waals surface area (Å²) in [4.78, 5) is 18.2. The lowest BCUT2D eigenvalue weighted by atomic mass is 9.94. The van der Waals surface area contributed by atoms with Crippen LogP contribution in [0.25, 0.3) is 33.1 Å². The molecule has 5 atom stereocenters. The highest BCUT2D eigenvalue weighted by molar-refractivity contribution is 6.33. The molecule has 4 fully saturated rings. The number of pyridine rings is 1. The van der Waals surface area contributed by atoms with Crippen LogP contribution in [0.4, 0.5) is 14.6 Å². The van der Waals surface area contributed by atoms with E-state index in [0.29, 0.717) is 65.7 Å². The Morgan fingerprint density at radius 3 is 2.80 bits per heavy atom. The number of aliphatic hydroxyl groups is 1. The molecule has 44 heavy (non-hydrogen) atoms. The Balaban J connectivity index is 1.28. The summed E-state index contributed by atoms with van der Waals surface area (Å²) in [7, 11) is 0. The van der Waals surface area contributed by atoms with Crippen LogP contribution in [-0.2, 0) is 0 Å². The quantitative estimate of drug-likeness (QED) is 0.278. The van der Waals surface area contributed by atoms with Gasteiger partial charge in [0.05, 0.1) is 28.2 Å². The Bertz CT molecular complexity index is 1780. The number of rotatable bonds is 6. The lowest BCUT2D eigenvalue weighted by Gasteiger charge is -2.38. The van der Waals surface area contributed by atoms with Crippen LogP contribution in [0.3, 0.4) is 0 Å². The number of nitrogens with one attached hydrogen (secondary N) is 1. The lowest BCUT2D eigenvalue weighted by molar-refractivity contribution is 0.0447. The van der Waals surface area contributed by atoms with Crippen LogP contribution in [0.15, 0.2) is 18.5 Å². The molecule has 6 heterocycles. The number of halogens is 3. The van der Waals surface area contributed by atoms with E-state index in [4.69, 9.17) is 26.3 Å². The fraction of sp³-hybridized carbons (Fsp3) is 0.562. The molecule has 1 aliphatic carbocycles. The molecule has 9 nitrogen and oxygen atoms in total.